The number of aromatic nitrogens is 2. The van der Waals surface area contributed by atoms with Crippen LogP contribution in [-0.2, 0) is 19.9 Å². The van der Waals surface area contributed by atoms with Crippen LogP contribution >= 0.6 is 27.5 Å². The summed E-state index contributed by atoms with van der Waals surface area (Å²) in [5.41, 5.74) is 10.8. The van der Waals surface area contributed by atoms with Crippen LogP contribution in [0.1, 0.15) is 35.5 Å². The van der Waals surface area contributed by atoms with Crippen LogP contribution in [0.15, 0.2) is 22.7 Å². The highest BCUT2D eigenvalue weighted by Crippen LogP contribution is 2.28. The van der Waals surface area contributed by atoms with Crippen molar-refractivity contribution in [3.05, 3.63) is 50.2 Å². The van der Waals surface area contributed by atoms with Crippen molar-refractivity contribution in [3.63, 3.8) is 0 Å². The topological polar surface area (TPSA) is 43.8 Å². The first-order valence-corrected chi connectivity index (χ1v) is 7.83. The van der Waals surface area contributed by atoms with Crippen molar-refractivity contribution in [3.8, 4) is 0 Å². The Balaban J connectivity index is 2.30. The van der Waals surface area contributed by atoms with Crippen LogP contribution in [0.2, 0.25) is 5.02 Å². The van der Waals surface area contributed by atoms with Gasteiger partial charge < -0.3 is 5.73 Å². The number of aryl methyl sites for hydroxylation is 3. The van der Waals surface area contributed by atoms with Gasteiger partial charge in [0.25, 0.3) is 0 Å². The molecule has 0 fully saturated rings. The van der Waals surface area contributed by atoms with E-state index in [0.29, 0.717) is 0 Å². The molecule has 0 saturated heterocycles. The minimum atomic E-state index is -0.0925. The molecule has 5 heteroatoms. The maximum absolute atomic E-state index is 6.36. The molecule has 0 saturated carbocycles. The van der Waals surface area contributed by atoms with E-state index in [1.165, 1.54) is 0 Å². The van der Waals surface area contributed by atoms with Gasteiger partial charge in [-0.15, -0.1) is 0 Å². The van der Waals surface area contributed by atoms with Crippen molar-refractivity contribution < 1.29 is 0 Å². The third-order valence-corrected chi connectivity index (χ3v) is 4.71. The molecule has 1 atom stereocenters. The monoisotopic (exact) mass is 355 g/mol. The van der Waals surface area contributed by atoms with Gasteiger partial charge in [0.2, 0.25) is 0 Å². The second-order valence-electron chi connectivity index (χ2n) is 5.00. The van der Waals surface area contributed by atoms with Crippen LogP contribution in [0.4, 0.5) is 0 Å². The third kappa shape index (κ3) is 3.08. The summed E-state index contributed by atoms with van der Waals surface area (Å²) in [5, 5.41) is 5.23. The highest BCUT2D eigenvalue weighted by Gasteiger charge is 2.17. The largest absolute Gasteiger partial charge is 0.324 e. The molecule has 20 heavy (non-hydrogen) atoms. The smallest absolute Gasteiger partial charge is 0.0766 e. The standard InChI is InChI=1S/C15H19BrClN3/c1-4-13-15(16)14(20(3)19-13)8-12(18)11-7-10(17)6-5-9(11)2/h5-7,12H,4,8,18H2,1-3H3. The number of hydrogen-bond donors (Lipinski definition) is 1. The predicted molar refractivity (Wildman–Crippen MR) is 87.1 cm³/mol. The first-order chi connectivity index (χ1) is 9.43. The van der Waals surface area contributed by atoms with Gasteiger partial charge in [0.05, 0.1) is 15.9 Å². The lowest BCUT2D eigenvalue weighted by molar-refractivity contribution is 0.635. The average Bonchev–Trinajstić information content (AvgIpc) is 2.68. The summed E-state index contributed by atoms with van der Waals surface area (Å²) < 4.78 is 2.97. The first-order valence-electron chi connectivity index (χ1n) is 6.65. The summed E-state index contributed by atoms with van der Waals surface area (Å²) in [6, 6.07) is 5.76. The number of halogens is 2. The fourth-order valence-electron chi connectivity index (χ4n) is 2.37. The third-order valence-electron chi connectivity index (χ3n) is 3.56. The first kappa shape index (κ1) is 15.5. The molecule has 0 aliphatic rings. The van der Waals surface area contributed by atoms with E-state index in [9.17, 15) is 0 Å². The Morgan fingerprint density at radius 1 is 1.45 bits per heavy atom. The predicted octanol–water partition coefficient (Wildman–Crippen LogP) is 3.95. The molecule has 2 N–H and O–H groups in total. The second-order valence-corrected chi connectivity index (χ2v) is 6.23. The maximum Gasteiger partial charge on any atom is 0.0766 e. The minimum Gasteiger partial charge on any atom is -0.324 e. The van der Waals surface area contributed by atoms with Crippen molar-refractivity contribution in [2.24, 2.45) is 12.8 Å². The number of rotatable bonds is 4. The van der Waals surface area contributed by atoms with Gasteiger partial charge in [-0.05, 0) is 52.5 Å². The number of hydrogen-bond acceptors (Lipinski definition) is 2. The van der Waals surface area contributed by atoms with Gasteiger partial charge >= 0.3 is 0 Å². The summed E-state index contributed by atoms with van der Waals surface area (Å²) in [6.45, 7) is 4.15. The van der Waals surface area contributed by atoms with Gasteiger partial charge in [-0.3, -0.25) is 4.68 Å². The van der Waals surface area contributed by atoms with Gasteiger partial charge in [0.15, 0.2) is 0 Å². The molecular formula is C15H19BrClN3. The van der Waals surface area contributed by atoms with Gasteiger partial charge in [-0.2, -0.15) is 5.10 Å². The van der Waals surface area contributed by atoms with Crippen molar-refractivity contribution >= 4 is 27.5 Å². The van der Waals surface area contributed by atoms with E-state index in [1.54, 1.807) is 0 Å². The second kappa shape index (κ2) is 6.29. The van der Waals surface area contributed by atoms with E-state index in [4.69, 9.17) is 17.3 Å². The maximum atomic E-state index is 6.36. The number of nitrogens with two attached hydrogens (primary N) is 1. The van der Waals surface area contributed by atoms with Gasteiger partial charge in [-0.1, -0.05) is 24.6 Å². The Hall–Kier alpha value is -0.840. The van der Waals surface area contributed by atoms with Crippen LogP contribution < -0.4 is 5.73 Å². The molecule has 1 aromatic carbocycles. The minimum absolute atomic E-state index is 0.0925. The lowest BCUT2D eigenvalue weighted by Crippen LogP contribution is -2.16. The van der Waals surface area contributed by atoms with E-state index in [0.717, 1.165) is 44.9 Å². The van der Waals surface area contributed by atoms with Crippen molar-refractivity contribution in [1.29, 1.82) is 0 Å². The molecule has 0 bridgehead atoms. The Morgan fingerprint density at radius 3 is 2.75 bits per heavy atom. The molecule has 0 aliphatic carbocycles. The van der Waals surface area contributed by atoms with Crippen molar-refractivity contribution in [2.45, 2.75) is 32.7 Å². The van der Waals surface area contributed by atoms with Gasteiger partial charge in [-0.25, -0.2) is 0 Å². The number of benzene rings is 1. The zero-order valence-electron chi connectivity index (χ0n) is 12.0. The lowest BCUT2D eigenvalue weighted by Gasteiger charge is -2.15. The van der Waals surface area contributed by atoms with Crippen LogP contribution in [0.5, 0.6) is 0 Å². The van der Waals surface area contributed by atoms with E-state index in [-0.39, 0.29) is 6.04 Å². The molecule has 2 aromatic rings. The number of nitrogens with zero attached hydrogens (tertiary/aromatic N) is 2. The fourth-order valence-corrected chi connectivity index (χ4v) is 3.33. The van der Waals surface area contributed by atoms with Crippen molar-refractivity contribution in [2.75, 3.05) is 0 Å². The van der Waals surface area contributed by atoms with E-state index >= 15 is 0 Å². The quantitative estimate of drug-likeness (QED) is 0.901. The Kier molecular flexibility index (Phi) is 4.89. The van der Waals surface area contributed by atoms with Crippen LogP contribution in [0.25, 0.3) is 0 Å². The average molecular weight is 357 g/mol. The highest BCUT2D eigenvalue weighted by molar-refractivity contribution is 9.10. The van der Waals surface area contributed by atoms with E-state index in [1.807, 2.05) is 29.9 Å². The van der Waals surface area contributed by atoms with E-state index in [2.05, 4.69) is 34.9 Å². The molecule has 1 unspecified atom stereocenters. The summed E-state index contributed by atoms with van der Waals surface area (Å²) in [7, 11) is 1.96. The molecule has 1 heterocycles. The summed E-state index contributed by atoms with van der Waals surface area (Å²) in [6.07, 6.45) is 1.63. The SMILES string of the molecule is CCc1nn(C)c(CC(N)c2cc(Cl)ccc2C)c1Br. The molecule has 2 rings (SSSR count). The summed E-state index contributed by atoms with van der Waals surface area (Å²) in [5.74, 6) is 0. The molecular weight excluding hydrogens is 338 g/mol. The van der Waals surface area contributed by atoms with Crippen LogP contribution in [0.3, 0.4) is 0 Å². The zero-order valence-corrected chi connectivity index (χ0v) is 14.3. The molecule has 3 nitrogen and oxygen atoms in total. The molecule has 0 aliphatic heterocycles. The van der Waals surface area contributed by atoms with E-state index < -0.39 is 0 Å². The molecule has 1 aromatic heterocycles. The fraction of sp³-hybridized carbons (Fsp3) is 0.400. The van der Waals surface area contributed by atoms with Crippen molar-refractivity contribution in [1.82, 2.24) is 9.78 Å². The summed E-state index contributed by atoms with van der Waals surface area (Å²) in [4.78, 5) is 0. The Labute approximate surface area is 133 Å². The lowest BCUT2D eigenvalue weighted by atomic mass is 9.98. The zero-order chi connectivity index (χ0) is 14.9. The van der Waals surface area contributed by atoms with Gasteiger partial charge in [0.1, 0.15) is 0 Å². The summed E-state index contributed by atoms with van der Waals surface area (Å²) >= 11 is 9.70. The van der Waals surface area contributed by atoms with Crippen LogP contribution in [0, 0.1) is 6.92 Å². The van der Waals surface area contributed by atoms with Gasteiger partial charge in [0, 0.05) is 24.5 Å². The Morgan fingerprint density at radius 2 is 2.15 bits per heavy atom. The molecule has 108 valence electrons. The highest BCUT2D eigenvalue weighted by atomic mass is 79.9. The Bertz CT molecular complexity index is 622. The molecule has 0 amide bonds. The van der Waals surface area contributed by atoms with Crippen LogP contribution in [-0.4, -0.2) is 9.78 Å². The molecule has 0 radical (unpaired) electrons. The molecule has 0 spiro atoms. The normalized spacial score (nSPS) is 12.7.